The maximum atomic E-state index is 12.9. The molecule has 0 radical (unpaired) electrons. The zero-order chi connectivity index (χ0) is 24.2. The van der Waals surface area contributed by atoms with Crippen LogP contribution in [-0.2, 0) is 27.1 Å². The number of ether oxygens (including phenoxy) is 4. The molecule has 5 atom stereocenters. The molecule has 0 saturated heterocycles. The van der Waals surface area contributed by atoms with Gasteiger partial charge in [-0.1, -0.05) is 0 Å². The molecule has 0 spiro atoms. The molecule has 7 nitrogen and oxygen atoms in total. The fourth-order valence-electron chi connectivity index (χ4n) is 6.43. The molecule has 2 fully saturated rings. The molecule has 0 aromatic heterocycles. The number of amides is 1. The van der Waals surface area contributed by atoms with E-state index in [0.29, 0.717) is 12.2 Å². The molecular weight excluding hydrogens is 432 g/mol. The maximum Gasteiger partial charge on any atom is 0.227 e. The van der Waals surface area contributed by atoms with Gasteiger partial charge in [-0.05, 0) is 86.7 Å². The van der Waals surface area contributed by atoms with Gasteiger partial charge in [0.2, 0.25) is 5.91 Å². The van der Waals surface area contributed by atoms with Crippen molar-refractivity contribution >= 4 is 5.91 Å². The minimum atomic E-state index is 0.205. The smallest absolute Gasteiger partial charge is 0.227 e. The molecule has 4 rings (SSSR count). The Morgan fingerprint density at radius 2 is 1.65 bits per heavy atom. The molecule has 0 N–H and O–H groups in total. The van der Waals surface area contributed by atoms with Gasteiger partial charge in [0.05, 0.1) is 32.8 Å². The molecule has 2 aliphatic carbocycles. The molecule has 1 aromatic rings. The predicted octanol–water partition coefficient (Wildman–Crippen LogP) is 3.03. The summed E-state index contributed by atoms with van der Waals surface area (Å²) >= 11 is 0. The van der Waals surface area contributed by atoms with Crippen LogP contribution in [0.5, 0.6) is 11.5 Å². The van der Waals surface area contributed by atoms with E-state index in [1.807, 2.05) is 31.3 Å². The number of carbonyl (C=O) groups is 1. The van der Waals surface area contributed by atoms with Crippen LogP contribution < -0.4 is 9.47 Å². The Morgan fingerprint density at radius 1 is 0.971 bits per heavy atom. The van der Waals surface area contributed by atoms with Crippen molar-refractivity contribution in [2.75, 3.05) is 61.7 Å². The molecule has 1 heterocycles. The Bertz CT molecular complexity index is 847. The quantitative estimate of drug-likeness (QED) is 0.520. The zero-order valence-corrected chi connectivity index (χ0v) is 21.5. The third kappa shape index (κ3) is 5.37. The Balaban J connectivity index is 1.23. The largest absolute Gasteiger partial charge is 0.493 e. The van der Waals surface area contributed by atoms with Gasteiger partial charge in [0, 0.05) is 33.9 Å². The van der Waals surface area contributed by atoms with Crippen molar-refractivity contribution in [3.63, 3.8) is 0 Å². The maximum absolute atomic E-state index is 12.9. The molecule has 1 aliphatic heterocycles. The van der Waals surface area contributed by atoms with E-state index in [2.05, 4.69) is 11.9 Å². The number of rotatable bonds is 10. The summed E-state index contributed by atoms with van der Waals surface area (Å²) in [5.41, 5.74) is 2.24. The summed E-state index contributed by atoms with van der Waals surface area (Å²) in [7, 11) is 9.13. The summed E-state index contributed by atoms with van der Waals surface area (Å²) in [4.78, 5) is 17.4. The van der Waals surface area contributed by atoms with E-state index >= 15 is 0 Å². The lowest BCUT2D eigenvalue weighted by Gasteiger charge is -2.52. The van der Waals surface area contributed by atoms with E-state index in [4.69, 9.17) is 18.9 Å². The lowest BCUT2D eigenvalue weighted by molar-refractivity contribution is -0.131. The van der Waals surface area contributed by atoms with Crippen molar-refractivity contribution in [2.45, 2.75) is 50.7 Å². The molecule has 1 aromatic carbocycles. The van der Waals surface area contributed by atoms with Gasteiger partial charge in [0.1, 0.15) is 0 Å². The number of carbonyl (C=O) groups excluding carboxylic acids is 1. The van der Waals surface area contributed by atoms with Crippen LogP contribution in [0.25, 0.3) is 0 Å². The van der Waals surface area contributed by atoms with Crippen LogP contribution in [-0.4, -0.2) is 89.6 Å². The second-order valence-electron chi connectivity index (χ2n) is 10.3. The fraction of sp³-hybridized carbons (Fsp3) is 0.741. The number of benzene rings is 1. The molecule has 2 saturated carbocycles. The van der Waals surface area contributed by atoms with E-state index in [1.54, 1.807) is 14.2 Å². The second-order valence-corrected chi connectivity index (χ2v) is 10.3. The number of methoxy groups -OCH3 is 4. The third-order valence-electron chi connectivity index (χ3n) is 8.44. The van der Waals surface area contributed by atoms with E-state index < -0.39 is 0 Å². The minimum absolute atomic E-state index is 0.205. The lowest BCUT2D eigenvalue weighted by atomic mass is 9.57. The Hall–Kier alpha value is -1.83. The summed E-state index contributed by atoms with van der Waals surface area (Å²) in [6, 6.07) is 3.99. The second kappa shape index (κ2) is 11.3. The summed E-state index contributed by atoms with van der Waals surface area (Å²) in [5.74, 6) is 3.94. The van der Waals surface area contributed by atoms with Crippen molar-refractivity contribution in [3.8, 4) is 11.5 Å². The topological polar surface area (TPSA) is 60.5 Å². The van der Waals surface area contributed by atoms with E-state index in [9.17, 15) is 4.79 Å². The first kappa shape index (κ1) is 25.3. The van der Waals surface area contributed by atoms with Gasteiger partial charge in [0.25, 0.3) is 0 Å². The first-order chi connectivity index (χ1) is 16.5. The molecular formula is C27H42N2O5. The number of hydrogen-bond acceptors (Lipinski definition) is 6. The molecule has 1 amide bonds. The fourth-order valence-corrected chi connectivity index (χ4v) is 6.43. The Morgan fingerprint density at radius 3 is 2.32 bits per heavy atom. The van der Waals surface area contributed by atoms with Crippen LogP contribution in [0.2, 0.25) is 0 Å². The van der Waals surface area contributed by atoms with Gasteiger partial charge in [0.15, 0.2) is 11.5 Å². The van der Waals surface area contributed by atoms with Gasteiger partial charge >= 0.3 is 0 Å². The minimum Gasteiger partial charge on any atom is -0.493 e. The summed E-state index contributed by atoms with van der Waals surface area (Å²) in [6.07, 6.45) is 6.33. The van der Waals surface area contributed by atoms with Gasteiger partial charge in [-0.25, -0.2) is 0 Å². The van der Waals surface area contributed by atoms with E-state index in [0.717, 1.165) is 80.9 Å². The lowest BCUT2D eigenvalue weighted by Crippen LogP contribution is -2.52. The first-order valence-corrected chi connectivity index (χ1v) is 12.7. The number of hydrogen-bond donors (Lipinski definition) is 0. The van der Waals surface area contributed by atoms with Crippen molar-refractivity contribution in [1.29, 1.82) is 0 Å². The van der Waals surface area contributed by atoms with Crippen molar-refractivity contribution in [1.82, 2.24) is 9.80 Å². The monoisotopic (exact) mass is 474 g/mol. The highest BCUT2D eigenvalue weighted by atomic mass is 16.5. The third-order valence-corrected chi connectivity index (χ3v) is 8.44. The standard InChI is InChI=1S/C27H42N2O5/c1-28(17-21-11-20-14-25(33-4)26(34-5)16-22(20)21)8-6-9-29-10-7-18-12-23(31-2)24(32-3)13-19(18)15-27(29)30/h12-13,20-22,25-26H,6-11,14-17H2,1-5H3. The number of nitrogens with zero attached hydrogens (tertiary/aromatic N) is 2. The van der Waals surface area contributed by atoms with E-state index in [1.165, 1.54) is 12.0 Å². The summed E-state index contributed by atoms with van der Waals surface area (Å²) < 4.78 is 22.2. The van der Waals surface area contributed by atoms with Crippen LogP contribution in [0, 0.1) is 17.8 Å². The number of fused-ring (bicyclic) bond motifs is 2. The normalized spacial score (nSPS) is 28.7. The molecule has 34 heavy (non-hydrogen) atoms. The average Bonchev–Trinajstić information content (AvgIpc) is 2.98. The predicted molar refractivity (Wildman–Crippen MR) is 132 cm³/mol. The van der Waals surface area contributed by atoms with Crippen LogP contribution in [0.3, 0.4) is 0 Å². The molecule has 5 unspecified atom stereocenters. The molecule has 3 aliphatic rings. The van der Waals surface area contributed by atoms with E-state index in [-0.39, 0.29) is 18.1 Å². The van der Waals surface area contributed by atoms with Gasteiger partial charge in [-0.2, -0.15) is 0 Å². The van der Waals surface area contributed by atoms with Gasteiger partial charge in [-0.15, -0.1) is 0 Å². The highest BCUT2D eigenvalue weighted by Gasteiger charge is 2.48. The molecule has 0 bridgehead atoms. The zero-order valence-electron chi connectivity index (χ0n) is 21.5. The van der Waals surface area contributed by atoms with Crippen LogP contribution in [0.4, 0.5) is 0 Å². The Labute approximate surface area is 204 Å². The molecule has 190 valence electrons. The summed E-state index contributed by atoms with van der Waals surface area (Å²) in [5, 5.41) is 0. The van der Waals surface area contributed by atoms with Crippen molar-refractivity contribution in [2.24, 2.45) is 17.8 Å². The van der Waals surface area contributed by atoms with Gasteiger partial charge < -0.3 is 28.7 Å². The summed E-state index contributed by atoms with van der Waals surface area (Å²) in [6.45, 7) is 3.72. The Kier molecular flexibility index (Phi) is 8.38. The van der Waals surface area contributed by atoms with Crippen LogP contribution in [0.1, 0.15) is 36.8 Å². The highest BCUT2D eigenvalue weighted by molar-refractivity contribution is 5.80. The van der Waals surface area contributed by atoms with Crippen molar-refractivity contribution < 1.29 is 23.7 Å². The average molecular weight is 475 g/mol. The SMILES string of the molecule is COc1cc2c(cc1OC)CC(=O)N(CCCN(C)CC1CC3CC(OC)C(OC)CC31)CC2. The van der Waals surface area contributed by atoms with Crippen LogP contribution in [0.15, 0.2) is 12.1 Å². The molecule has 7 heteroatoms. The highest BCUT2D eigenvalue weighted by Crippen LogP contribution is 2.50. The van der Waals surface area contributed by atoms with Gasteiger partial charge in [-0.3, -0.25) is 4.79 Å². The van der Waals surface area contributed by atoms with Crippen molar-refractivity contribution in [3.05, 3.63) is 23.3 Å². The van der Waals surface area contributed by atoms with Crippen LogP contribution >= 0.6 is 0 Å². The first-order valence-electron chi connectivity index (χ1n) is 12.7.